The highest BCUT2D eigenvalue weighted by Crippen LogP contribution is 2.07. The average molecular weight is 253 g/mol. The first kappa shape index (κ1) is 11.6. The van der Waals surface area contributed by atoms with Gasteiger partial charge in [-0.05, 0) is 18.6 Å². The number of nitrogens with zero attached hydrogens (tertiary/aromatic N) is 4. The summed E-state index contributed by atoms with van der Waals surface area (Å²) in [5, 5.41) is 11.7. The molecule has 1 N–H and O–H groups in total. The molecule has 2 aromatic heterocycles. The zero-order valence-corrected chi connectivity index (χ0v) is 10.5. The molecule has 0 amide bonds. The number of nitrogens with one attached hydrogen (secondary N) is 1. The van der Waals surface area contributed by atoms with Crippen LogP contribution in [-0.2, 0) is 6.42 Å². The average Bonchev–Trinajstić information content (AvgIpc) is 2.88. The number of fused-ring (bicyclic) bond motifs is 1. The number of para-hydroxylation sites is 1. The smallest absolute Gasteiger partial charge is 0.163 e. The normalized spacial score (nSPS) is 10.7. The number of benzene rings is 1. The molecule has 19 heavy (non-hydrogen) atoms. The van der Waals surface area contributed by atoms with Gasteiger partial charge in [0.15, 0.2) is 5.65 Å². The van der Waals surface area contributed by atoms with Crippen LogP contribution in [0.2, 0.25) is 0 Å². The van der Waals surface area contributed by atoms with E-state index in [9.17, 15) is 0 Å². The summed E-state index contributed by atoms with van der Waals surface area (Å²) >= 11 is 0. The van der Waals surface area contributed by atoms with Gasteiger partial charge in [-0.1, -0.05) is 18.2 Å². The molecule has 0 aliphatic carbocycles. The van der Waals surface area contributed by atoms with Crippen LogP contribution in [0.3, 0.4) is 0 Å². The Morgan fingerprint density at radius 3 is 2.84 bits per heavy atom. The van der Waals surface area contributed by atoms with Gasteiger partial charge in [-0.25, -0.2) is 4.98 Å². The highest BCUT2D eigenvalue weighted by molar-refractivity contribution is 5.42. The van der Waals surface area contributed by atoms with Crippen molar-refractivity contribution < 1.29 is 0 Å². The fraction of sp³-hybridized carbons (Fsp3) is 0.214. The summed E-state index contributed by atoms with van der Waals surface area (Å²) in [6.45, 7) is 0.916. The van der Waals surface area contributed by atoms with E-state index in [1.165, 1.54) is 0 Å². The van der Waals surface area contributed by atoms with E-state index in [-0.39, 0.29) is 0 Å². The van der Waals surface area contributed by atoms with Gasteiger partial charge >= 0.3 is 0 Å². The lowest BCUT2D eigenvalue weighted by Crippen LogP contribution is -2.04. The van der Waals surface area contributed by atoms with E-state index in [1.54, 1.807) is 12.5 Å². The van der Waals surface area contributed by atoms with Gasteiger partial charge < -0.3 is 5.32 Å². The van der Waals surface area contributed by atoms with Crippen molar-refractivity contribution in [1.82, 2.24) is 19.6 Å². The topological polar surface area (TPSA) is 55.1 Å². The summed E-state index contributed by atoms with van der Waals surface area (Å²) in [5.41, 5.74) is 2.00. The zero-order valence-electron chi connectivity index (χ0n) is 10.5. The van der Waals surface area contributed by atoms with Crippen LogP contribution in [0.1, 0.15) is 12.2 Å². The first-order valence-electron chi connectivity index (χ1n) is 6.36. The molecule has 5 heteroatoms. The van der Waals surface area contributed by atoms with Crippen LogP contribution < -0.4 is 5.32 Å². The van der Waals surface area contributed by atoms with Crippen LogP contribution in [0.25, 0.3) is 5.65 Å². The molecule has 1 aromatic carbocycles. The molecule has 0 bridgehead atoms. The van der Waals surface area contributed by atoms with Crippen molar-refractivity contribution in [2.45, 2.75) is 12.8 Å². The monoisotopic (exact) mass is 253 g/mol. The molecule has 5 nitrogen and oxygen atoms in total. The molecule has 96 valence electrons. The minimum Gasteiger partial charge on any atom is -0.385 e. The Bertz CT molecular complexity index is 647. The third kappa shape index (κ3) is 2.70. The van der Waals surface area contributed by atoms with Crippen LogP contribution in [0.15, 0.2) is 48.9 Å². The van der Waals surface area contributed by atoms with Gasteiger partial charge in [0, 0.05) is 30.9 Å². The van der Waals surface area contributed by atoms with E-state index in [4.69, 9.17) is 0 Å². The summed E-state index contributed by atoms with van der Waals surface area (Å²) in [6, 6.07) is 12.1. The number of anilines is 1. The molecule has 3 rings (SSSR count). The highest BCUT2D eigenvalue weighted by atomic mass is 15.3. The molecular weight excluding hydrogens is 238 g/mol. The predicted molar refractivity (Wildman–Crippen MR) is 74.0 cm³/mol. The second kappa shape index (κ2) is 5.48. The number of hydrogen-bond acceptors (Lipinski definition) is 4. The van der Waals surface area contributed by atoms with Crippen molar-refractivity contribution in [2.75, 3.05) is 11.9 Å². The van der Waals surface area contributed by atoms with Gasteiger partial charge in [0.25, 0.3) is 0 Å². The van der Waals surface area contributed by atoms with Gasteiger partial charge in [-0.2, -0.15) is 0 Å². The highest BCUT2D eigenvalue weighted by Gasteiger charge is 2.03. The van der Waals surface area contributed by atoms with Crippen LogP contribution >= 0.6 is 0 Å². The fourth-order valence-electron chi connectivity index (χ4n) is 2.00. The summed E-state index contributed by atoms with van der Waals surface area (Å²) in [7, 11) is 0. The Kier molecular flexibility index (Phi) is 3.36. The minimum absolute atomic E-state index is 0.848. The van der Waals surface area contributed by atoms with Crippen molar-refractivity contribution in [2.24, 2.45) is 0 Å². The molecule has 0 aliphatic heterocycles. The van der Waals surface area contributed by atoms with Crippen molar-refractivity contribution in [3.05, 3.63) is 54.7 Å². The summed E-state index contributed by atoms with van der Waals surface area (Å²) in [4.78, 5) is 4.09. The van der Waals surface area contributed by atoms with E-state index in [0.29, 0.717) is 0 Å². The number of aromatic nitrogens is 4. The maximum Gasteiger partial charge on any atom is 0.163 e. The lowest BCUT2D eigenvalue weighted by molar-refractivity contribution is 0.784. The molecule has 3 aromatic rings. The molecule has 0 saturated heterocycles. The van der Waals surface area contributed by atoms with Crippen molar-refractivity contribution in [3.63, 3.8) is 0 Å². The van der Waals surface area contributed by atoms with Crippen LogP contribution in [0.5, 0.6) is 0 Å². The zero-order chi connectivity index (χ0) is 12.9. The van der Waals surface area contributed by atoms with Gasteiger partial charge in [0.05, 0.1) is 0 Å². The minimum atomic E-state index is 0.848. The number of hydrogen-bond donors (Lipinski definition) is 1. The third-order valence-electron chi connectivity index (χ3n) is 2.96. The Morgan fingerprint density at radius 2 is 1.95 bits per heavy atom. The molecule has 2 heterocycles. The maximum atomic E-state index is 4.19. The first-order chi connectivity index (χ1) is 9.43. The van der Waals surface area contributed by atoms with Crippen LogP contribution in [0.4, 0.5) is 5.69 Å². The molecule has 0 radical (unpaired) electrons. The lowest BCUT2D eigenvalue weighted by Gasteiger charge is -2.05. The second-order valence-corrected chi connectivity index (χ2v) is 4.32. The van der Waals surface area contributed by atoms with E-state index >= 15 is 0 Å². The summed E-state index contributed by atoms with van der Waals surface area (Å²) < 4.78 is 1.93. The summed E-state index contributed by atoms with van der Waals surface area (Å²) in [5.74, 6) is 0.956. The van der Waals surface area contributed by atoms with Crippen LogP contribution in [-0.4, -0.2) is 26.1 Å². The SMILES string of the molecule is c1ccc(NCCCc2nnc3ccncn23)cc1. The van der Waals surface area contributed by atoms with E-state index in [2.05, 4.69) is 32.6 Å². The molecule has 0 aliphatic rings. The second-order valence-electron chi connectivity index (χ2n) is 4.32. The first-order valence-corrected chi connectivity index (χ1v) is 6.36. The van der Waals surface area contributed by atoms with Gasteiger partial charge in [-0.3, -0.25) is 4.40 Å². The Morgan fingerprint density at radius 1 is 1.05 bits per heavy atom. The summed E-state index contributed by atoms with van der Waals surface area (Å²) in [6.07, 6.45) is 5.37. The Hall–Kier alpha value is -2.43. The molecular formula is C14H15N5. The van der Waals surface area contributed by atoms with Crippen molar-refractivity contribution >= 4 is 11.3 Å². The third-order valence-corrected chi connectivity index (χ3v) is 2.96. The predicted octanol–water partition coefficient (Wildman–Crippen LogP) is 2.17. The van der Waals surface area contributed by atoms with Crippen molar-refractivity contribution in [1.29, 1.82) is 0 Å². The quantitative estimate of drug-likeness (QED) is 0.708. The van der Waals surface area contributed by atoms with E-state index < -0.39 is 0 Å². The maximum absolute atomic E-state index is 4.19. The number of aryl methyl sites for hydroxylation is 1. The van der Waals surface area contributed by atoms with E-state index in [0.717, 1.165) is 36.5 Å². The Labute approximate surface area is 111 Å². The van der Waals surface area contributed by atoms with Gasteiger partial charge in [-0.15, -0.1) is 10.2 Å². The number of rotatable bonds is 5. The standard InChI is InChI=1S/C14H15N5/c1-2-5-12(6-3-1)16-9-4-7-13-17-18-14-8-10-15-11-19(13)14/h1-3,5-6,8,10-11,16H,4,7,9H2. The lowest BCUT2D eigenvalue weighted by atomic mass is 10.2. The van der Waals surface area contributed by atoms with Gasteiger partial charge in [0.2, 0.25) is 0 Å². The van der Waals surface area contributed by atoms with Crippen molar-refractivity contribution in [3.8, 4) is 0 Å². The Balaban J connectivity index is 1.55. The largest absolute Gasteiger partial charge is 0.385 e. The molecule has 0 fully saturated rings. The van der Waals surface area contributed by atoms with E-state index in [1.807, 2.05) is 28.7 Å². The molecule has 0 atom stereocenters. The molecule has 0 unspecified atom stereocenters. The molecule has 0 saturated carbocycles. The van der Waals surface area contributed by atoms with Crippen LogP contribution in [0, 0.1) is 0 Å². The van der Waals surface area contributed by atoms with Gasteiger partial charge in [0.1, 0.15) is 12.2 Å². The fourth-order valence-corrected chi connectivity index (χ4v) is 2.00. The molecule has 0 spiro atoms.